The fraction of sp³-hybridized carbons (Fsp3) is 0.550. The Hall–Kier alpha value is -1.37. The van der Waals surface area contributed by atoms with Crippen LogP contribution in [0.15, 0.2) is 51.1 Å². The molecule has 0 fully saturated rings. The maximum atomic E-state index is 5.06. The Morgan fingerprint density at radius 1 is 1.00 bits per heavy atom. The average molecular weight is 283 g/mol. The Morgan fingerprint density at radius 3 is 2.10 bits per heavy atom. The van der Waals surface area contributed by atoms with Gasteiger partial charge in [0, 0.05) is 17.5 Å². The third-order valence-electron chi connectivity index (χ3n) is 4.34. The van der Waals surface area contributed by atoms with Crippen molar-refractivity contribution in [3.8, 4) is 0 Å². The van der Waals surface area contributed by atoms with E-state index in [-0.39, 0.29) is 5.54 Å². The molecule has 0 aromatic heterocycles. The molecule has 0 aliphatic heterocycles. The summed E-state index contributed by atoms with van der Waals surface area (Å²) in [6.45, 7) is 17.7. The molecule has 1 heteroatoms. The highest BCUT2D eigenvalue weighted by molar-refractivity contribution is 6.06. The van der Waals surface area contributed by atoms with Gasteiger partial charge in [0.05, 0.1) is 5.54 Å². The lowest BCUT2D eigenvalue weighted by Crippen LogP contribution is -2.26. The van der Waals surface area contributed by atoms with Crippen LogP contribution in [-0.4, -0.2) is 11.3 Å². The Kier molecular flexibility index (Phi) is 4.15. The van der Waals surface area contributed by atoms with Gasteiger partial charge in [-0.15, -0.1) is 0 Å². The molecule has 114 valence electrons. The molecule has 0 N–H and O–H groups in total. The summed E-state index contributed by atoms with van der Waals surface area (Å²) in [5.41, 5.74) is 8.32. The summed E-state index contributed by atoms with van der Waals surface area (Å²) in [7, 11) is 0. The van der Waals surface area contributed by atoms with Crippen LogP contribution in [0.3, 0.4) is 0 Å². The lowest BCUT2D eigenvalue weighted by Gasteiger charge is -2.29. The van der Waals surface area contributed by atoms with E-state index in [0.29, 0.717) is 11.8 Å². The summed E-state index contributed by atoms with van der Waals surface area (Å²) in [4.78, 5) is 5.06. The van der Waals surface area contributed by atoms with Crippen molar-refractivity contribution in [1.82, 2.24) is 0 Å². The van der Waals surface area contributed by atoms with Gasteiger partial charge in [0.1, 0.15) is 0 Å². The van der Waals surface area contributed by atoms with Gasteiger partial charge in [-0.2, -0.15) is 0 Å². The van der Waals surface area contributed by atoms with E-state index in [1.165, 1.54) is 33.6 Å². The summed E-state index contributed by atoms with van der Waals surface area (Å²) in [6.07, 6.45) is 7.00. The average Bonchev–Trinajstić information content (AvgIpc) is 2.55. The molecule has 0 saturated heterocycles. The first-order valence-corrected chi connectivity index (χ1v) is 7.96. The number of hydrogen-bond acceptors (Lipinski definition) is 1. The molecule has 0 aromatic rings. The third kappa shape index (κ3) is 3.28. The van der Waals surface area contributed by atoms with Crippen LogP contribution in [0.5, 0.6) is 0 Å². The zero-order valence-electron chi connectivity index (χ0n) is 14.8. The number of aliphatic imine (C=N–C) groups is 1. The summed E-state index contributed by atoms with van der Waals surface area (Å²) >= 11 is 0. The number of rotatable bonds is 1. The molecule has 2 aliphatic carbocycles. The topological polar surface area (TPSA) is 12.4 Å². The smallest absolute Gasteiger partial charge is 0.0527 e. The van der Waals surface area contributed by atoms with E-state index >= 15 is 0 Å². The molecule has 0 saturated carbocycles. The van der Waals surface area contributed by atoms with Crippen LogP contribution in [0.1, 0.15) is 55.4 Å². The molecular formula is C20H29N. The largest absolute Gasteiger partial charge is 0.283 e. The van der Waals surface area contributed by atoms with E-state index < -0.39 is 0 Å². The SMILES string of the molecule is CC1=CC(C)C(=NC(C)(C)C)C(C2C(C)=CC(C)=C2C)=C1. The zero-order chi connectivity index (χ0) is 15.9. The minimum atomic E-state index is -0.0370. The van der Waals surface area contributed by atoms with E-state index in [4.69, 9.17) is 4.99 Å². The molecule has 0 heterocycles. The van der Waals surface area contributed by atoms with E-state index in [1.807, 2.05) is 0 Å². The van der Waals surface area contributed by atoms with Crippen LogP contribution in [0.2, 0.25) is 0 Å². The standard InChI is InChI=1S/C20H29N/c1-12-9-15(4)19(21-20(6,7)8)17(10-12)18-14(3)11-13(2)16(18)5/h9-11,15,18H,1-8H3. The molecule has 0 amide bonds. The van der Waals surface area contributed by atoms with E-state index in [9.17, 15) is 0 Å². The maximum absolute atomic E-state index is 5.06. The molecule has 0 bridgehead atoms. The summed E-state index contributed by atoms with van der Waals surface area (Å²) in [5, 5.41) is 0. The minimum Gasteiger partial charge on any atom is -0.283 e. The van der Waals surface area contributed by atoms with Crippen LogP contribution >= 0.6 is 0 Å². The second-order valence-electron chi connectivity index (χ2n) is 7.65. The van der Waals surface area contributed by atoms with Crippen LogP contribution in [0.25, 0.3) is 0 Å². The molecule has 2 atom stereocenters. The van der Waals surface area contributed by atoms with Gasteiger partial charge in [0.15, 0.2) is 0 Å². The highest BCUT2D eigenvalue weighted by Crippen LogP contribution is 2.40. The highest BCUT2D eigenvalue weighted by atomic mass is 14.8. The highest BCUT2D eigenvalue weighted by Gasteiger charge is 2.31. The molecular weight excluding hydrogens is 254 g/mol. The second kappa shape index (κ2) is 5.44. The first-order chi connectivity index (χ1) is 9.60. The van der Waals surface area contributed by atoms with Crippen molar-refractivity contribution in [1.29, 1.82) is 0 Å². The Bertz CT molecular complexity index is 600. The van der Waals surface area contributed by atoms with Crippen LogP contribution < -0.4 is 0 Å². The predicted molar refractivity (Wildman–Crippen MR) is 93.8 cm³/mol. The van der Waals surface area contributed by atoms with Crippen molar-refractivity contribution >= 4 is 5.71 Å². The van der Waals surface area contributed by atoms with Gasteiger partial charge in [-0.1, -0.05) is 47.4 Å². The van der Waals surface area contributed by atoms with Gasteiger partial charge in [-0.05, 0) is 54.0 Å². The van der Waals surface area contributed by atoms with Gasteiger partial charge < -0.3 is 0 Å². The molecule has 21 heavy (non-hydrogen) atoms. The molecule has 2 rings (SSSR count). The number of hydrogen-bond donors (Lipinski definition) is 0. The fourth-order valence-corrected chi connectivity index (χ4v) is 3.45. The third-order valence-corrected chi connectivity index (χ3v) is 4.34. The maximum Gasteiger partial charge on any atom is 0.0527 e. The van der Waals surface area contributed by atoms with E-state index in [1.54, 1.807) is 0 Å². The monoisotopic (exact) mass is 283 g/mol. The molecule has 0 radical (unpaired) electrons. The van der Waals surface area contributed by atoms with E-state index in [0.717, 1.165) is 0 Å². The molecule has 0 aromatic carbocycles. The Balaban J connectivity index is 2.55. The quantitative estimate of drug-likeness (QED) is 0.588. The van der Waals surface area contributed by atoms with Gasteiger partial charge in [-0.25, -0.2) is 0 Å². The first-order valence-electron chi connectivity index (χ1n) is 7.96. The molecule has 1 nitrogen and oxygen atoms in total. The van der Waals surface area contributed by atoms with Crippen molar-refractivity contribution in [2.45, 2.75) is 60.9 Å². The zero-order valence-corrected chi connectivity index (χ0v) is 14.8. The van der Waals surface area contributed by atoms with Crippen molar-refractivity contribution in [3.05, 3.63) is 46.1 Å². The van der Waals surface area contributed by atoms with Gasteiger partial charge in [0.2, 0.25) is 0 Å². The normalized spacial score (nSPS) is 28.8. The van der Waals surface area contributed by atoms with Gasteiger partial charge in [-0.3, -0.25) is 4.99 Å². The van der Waals surface area contributed by atoms with Gasteiger partial charge in [0.25, 0.3) is 0 Å². The Labute approximate surface area is 130 Å². The van der Waals surface area contributed by atoms with Crippen LogP contribution in [0.4, 0.5) is 0 Å². The number of nitrogens with zero attached hydrogens (tertiary/aromatic N) is 1. The van der Waals surface area contributed by atoms with Crippen molar-refractivity contribution in [2.24, 2.45) is 16.8 Å². The first kappa shape index (κ1) is 16.0. The molecule has 0 spiro atoms. The predicted octanol–water partition coefficient (Wildman–Crippen LogP) is 5.66. The van der Waals surface area contributed by atoms with Gasteiger partial charge >= 0.3 is 0 Å². The van der Waals surface area contributed by atoms with Crippen molar-refractivity contribution in [3.63, 3.8) is 0 Å². The number of allylic oxidation sites excluding steroid dienone is 8. The molecule has 2 aliphatic rings. The lowest BCUT2D eigenvalue weighted by molar-refractivity contribution is 0.578. The Morgan fingerprint density at radius 2 is 1.62 bits per heavy atom. The molecule has 2 unspecified atom stereocenters. The minimum absolute atomic E-state index is 0.0370. The second-order valence-corrected chi connectivity index (χ2v) is 7.65. The lowest BCUT2D eigenvalue weighted by atomic mass is 9.78. The van der Waals surface area contributed by atoms with E-state index in [2.05, 4.69) is 73.6 Å². The summed E-state index contributed by atoms with van der Waals surface area (Å²) in [6, 6.07) is 0. The van der Waals surface area contributed by atoms with Crippen molar-refractivity contribution < 1.29 is 0 Å². The summed E-state index contributed by atoms with van der Waals surface area (Å²) < 4.78 is 0. The van der Waals surface area contributed by atoms with Crippen LogP contribution in [-0.2, 0) is 0 Å². The fourth-order valence-electron chi connectivity index (χ4n) is 3.45. The summed E-state index contributed by atoms with van der Waals surface area (Å²) in [5.74, 6) is 0.808. The van der Waals surface area contributed by atoms with Crippen LogP contribution in [0, 0.1) is 11.8 Å². The van der Waals surface area contributed by atoms with Crippen molar-refractivity contribution in [2.75, 3.05) is 0 Å².